The second-order valence-corrected chi connectivity index (χ2v) is 8.39. The molecule has 0 aliphatic heterocycles. The topological polar surface area (TPSA) is 78.0 Å². The van der Waals surface area contributed by atoms with Gasteiger partial charge >= 0.3 is 12.1 Å². The number of fused-ring (bicyclic) bond motifs is 1. The summed E-state index contributed by atoms with van der Waals surface area (Å²) in [4.78, 5) is 30.9. The maximum absolute atomic E-state index is 12.9. The van der Waals surface area contributed by atoms with Crippen LogP contribution in [-0.4, -0.2) is 36.3 Å². The lowest BCUT2D eigenvalue weighted by Gasteiger charge is -2.27. The zero-order valence-electron chi connectivity index (χ0n) is 19.3. The molecule has 3 rings (SSSR count). The Morgan fingerprint density at radius 1 is 1.12 bits per heavy atom. The summed E-state index contributed by atoms with van der Waals surface area (Å²) in [5, 5.41) is 0.621. The van der Waals surface area contributed by atoms with E-state index >= 15 is 0 Å². The van der Waals surface area contributed by atoms with E-state index < -0.39 is 17.7 Å². The third-order valence-corrected chi connectivity index (χ3v) is 4.63. The molecule has 0 saturated carbocycles. The van der Waals surface area contributed by atoms with Crippen molar-refractivity contribution in [1.29, 1.82) is 0 Å². The number of pyridine rings is 1. The van der Waals surface area contributed by atoms with E-state index in [2.05, 4.69) is 11.6 Å². The molecular weight excluding hydrogens is 420 g/mol. The molecule has 0 fully saturated rings. The molecule has 3 aromatic rings. The van der Waals surface area contributed by atoms with Crippen LogP contribution in [0.3, 0.4) is 0 Å². The molecule has 0 unspecified atom stereocenters. The number of esters is 1. The first-order valence-electron chi connectivity index (χ1n) is 10.5. The summed E-state index contributed by atoms with van der Waals surface area (Å²) in [5.41, 5.74) is 1.70. The largest absolute Gasteiger partial charge is 0.487 e. The first kappa shape index (κ1) is 23.8. The molecule has 7 heteroatoms. The fourth-order valence-electron chi connectivity index (χ4n) is 3.16. The van der Waals surface area contributed by atoms with E-state index in [1.807, 2.05) is 30.3 Å². The number of nitrogens with zero attached hydrogens (tertiary/aromatic N) is 2. The predicted molar refractivity (Wildman–Crippen MR) is 128 cm³/mol. The van der Waals surface area contributed by atoms with Crippen LogP contribution >= 0.6 is 0 Å². The number of amides is 1. The van der Waals surface area contributed by atoms with Crippen molar-refractivity contribution >= 4 is 28.7 Å². The van der Waals surface area contributed by atoms with E-state index in [0.717, 1.165) is 5.56 Å². The standard InChI is InChI=1S/C26H28N2O5/c1-6-12-28(25(30)33-26(2,3)4)21-14-19-13-20(24(29)31-5)16-27-23(19)22(15-21)32-17-18-10-8-7-9-11-18/h6-11,13-16H,1,12,17H2,2-5H3. The Bertz CT molecular complexity index is 1150. The Morgan fingerprint density at radius 2 is 1.85 bits per heavy atom. The molecule has 1 heterocycles. The van der Waals surface area contributed by atoms with Crippen molar-refractivity contribution in [1.82, 2.24) is 4.98 Å². The van der Waals surface area contributed by atoms with Crippen LogP contribution in [0.2, 0.25) is 0 Å². The monoisotopic (exact) mass is 448 g/mol. The summed E-state index contributed by atoms with van der Waals surface area (Å²) in [7, 11) is 1.31. The molecule has 0 bridgehead atoms. The molecule has 0 radical (unpaired) electrons. The maximum Gasteiger partial charge on any atom is 0.415 e. The molecule has 33 heavy (non-hydrogen) atoms. The third-order valence-electron chi connectivity index (χ3n) is 4.63. The van der Waals surface area contributed by atoms with Gasteiger partial charge in [-0.2, -0.15) is 0 Å². The lowest BCUT2D eigenvalue weighted by molar-refractivity contribution is 0.0579. The highest BCUT2D eigenvalue weighted by atomic mass is 16.6. The van der Waals surface area contributed by atoms with E-state index in [1.54, 1.807) is 45.0 Å². The molecule has 172 valence electrons. The predicted octanol–water partition coefficient (Wildman–Crippen LogP) is 5.53. The second-order valence-electron chi connectivity index (χ2n) is 8.39. The Kier molecular flexibility index (Phi) is 7.33. The summed E-state index contributed by atoms with van der Waals surface area (Å²) in [5.74, 6) is -0.0305. The molecule has 0 aliphatic carbocycles. The number of carbonyl (C=O) groups is 2. The van der Waals surface area contributed by atoms with Crippen LogP contribution in [0, 0.1) is 0 Å². The normalized spacial score (nSPS) is 11.0. The second kappa shape index (κ2) is 10.2. The maximum atomic E-state index is 12.9. The molecule has 1 aromatic heterocycles. The van der Waals surface area contributed by atoms with Gasteiger partial charge in [-0.05, 0) is 38.5 Å². The van der Waals surface area contributed by atoms with Crippen molar-refractivity contribution in [2.45, 2.75) is 33.0 Å². The van der Waals surface area contributed by atoms with Crippen LogP contribution in [0.5, 0.6) is 5.75 Å². The van der Waals surface area contributed by atoms with Crippen molar-refractivity contribution in [2.75, 3.05) is 18.6 Å². The van der Waals surface area contributed by atoms with Crippen LogP contribution in [0.25, 0.3) is 10.9 Å². The zero-order chi connectivity index (χ0) is 24.0. The van der Waals surface area contributed by atoms with Crippen molar-refractivity contribution in [3.63, 3.8) is 0 Å². The lowest BCUT2D eigenvalue weighted by Crippen LogP contribution is -2.37. The summed E-state index contributed by atoms with van der Waals surface area (Å²) >= 11 is 0. The first-order valence-corrected chi connectivity index (χ1v) is 10.5. The Labute approximate surface area is 193 Å². The number of benzene rings is 2. The van der Waals surface area contributed by atoms with E-state index in [4.69, 9.17) is 14.2 Å². The van der Waals surface area contributed by atoms with Crippen LogP contribution in [0.1, 0.15) is 36.7 Å². The Hall–Kier alpha value is -3.87. The van der Waals surface area contributed by atoms with Crippen LogP contribution < -0.4 is 9.64 Å². The fourth-order valence-corrected chi connectivity index (χ4v) is 3.16. The average molecular weight is 449 g/mol. The number of anilines is 1. The number of carbonyl (C=O) groups excluding carboxylic acids is 2. The number of methoxy groups -OCH3 is 1. The SMILES string of the molecule is C=CCN(C(=O)OC(C)(C)C)c1cc(OCc2ccccc2)c2ncc(C(=O)OC)cc2c1. The molecule has 7 nitrogen and oxygen atoms in total. The number of aromatic nitrogens is 1. The number of hydrogen-bond acceptors (Lipinski definition) is 6. The molecule has 0 N–H and O–H groups in total. The van der Waals surface area contributed by atoms with Crippen molar-refractivity contribution in [3.8, 4) is 5.75 Å². The van der Waals surface area contributed by atoms with Crippen LogP contribution in [0.15, 0.2) is 67.4 Å². The summed E-state index contributed by atoms with van der Waals surface area (Å²) < 4.78 is 16.5. The highest BCUT2D eigenvalue weighted by Crippen LogP contribution is 2.32. The number of hydrogen-bond donors (Lipinski definition) is 0. The van der Waals surface area contributed by atoms with Gasteiger partial charge in [0.05, 0.1) is 18.4 Å². The molecule has 1 amide bonds. The van der Waals surface area contributed by atoms with Gasteiger partial charge in [0, 0.05) is 24.2 Å². The number of ether oxygens (including phenoxy) is 3. The van der Waals surface area contributed by atoms with Gasteiger partial charge in [-0.1, -0.05) is 36.4 Å². The Balaban J connectivity index is 2.08. The highest BCUT2D eigenvalue weighted by molar-refractivity contribution is 5.98. The molecule has 0 spiro atoms. The van der Waals surface area contributed by atoms with Crippen LogP contribution in [0.4, 0.5) is 10.5 Å². The van der Waals surface area contributed by atoms with Gasteiger partial charge in [0.25, 0.3) is 0 Å². The quantitative estimate of drug-likeness (QED) is 0.349. The average Bonchev–Trinajstić information content (AvgIpc) is 2.79. The van der Waals surface area contributed by atoms with E-state index in [0.29, 0.717) is 34.5 Å². The number of rotatable bonds is 7. The highest BCUT2D eigenvalue weighted by Gasteiger charge is 2.24. The fraction of sp³-hybridized carbons (Fsp3) is 0.269. The van der Waals surface area contributed by atoms with Gasteiger partial charge in [-0.25, -0.2) is 9.59 Å². The molecule has 2 aromatic carbocycles. The van der Waals surface area contributed by atoms with Gasteiger partial charge < -0.3 is 14.2 Å². The van der Waals surface area contributed by atoms with Gasteiger partial charge in [-0.3, -0.25) is 9.88 Å². The first-order chi connectivity index (χ1) is 15.7. The van der Waals surface area contributed by atoms with Crippen molar-refractivity contribution in [2.24, 2.45) is 0 Å². The van der Waals surface area contributed by atoms with Gasteiger partial charge in [0.15, 0.2) is 0 Å². The Morgan fingerprint density at radius 3 is 2.48 bits per heavy atom. The zero-order valence-corrected chi connectivity index (χ0v) is 19.3. The third kappa shape index (κ3) is 6.10. The van der Waals surface area contributed by atoms with Gasteiger partial charge in [0.2, 0.25) is 0 Å². The van der Waals surface area contributed by atoms with Gasteiger partial charge in [0.1, 0.15) is 23.5 Å². The molecular formula is C26H28N2O5. The van der Waals surface area contributed by atoms with Crippen molar-refractivity contribution < 1.29 is 23.8 Å². The summed E-state index contributed by atoms with van der Waals surface area (Å²) in [6, 6.07) is 14.9. The minimum Gasteiger partial charge on any atom is -0.487 e. The minimum atomic E-state index is -0.667. The van der Waals surface area contributed by atoms with E-state index in [-0.39, 0.29) is 6.54 Å². The lowest BCUT2D eigenvalue weighted by atomic mass is 10.1. The summed E-state index contributed by atoms with van der Waals surface area (Å²) in [6.45, 7) is 9.71. The van der Waals surface area contributed by atoms with E-state index in [1.165, 1.54) is 18.2 Å². The smallest absolute Gasteiger partial charge is 0.415 e. The van der Waals surface area contributed by atoms with Gasteiger partial charge in [-0.15, -0.1) is 6.58 Å². The van der Waals surface area contributed by atoms with E-state index in [9.17, 15) is 9.59 Å². The molecule has 0 atom stereocenters. The van der Waals surface area contributed by atoms with Crippen molar-refractivity contribution in [3.05, 3.63) is 78.5 Å². The minimum absolute atomic E-state index is 0.225. The molecule has 0 saturated heterocycles. The summed E-state index contributed by atoms with van der Waals surface area (Å²) in [6.07, 6.45) is 2.54. The van der Waals surface area contributed by atoms with Crippen LogP contribution in [-0.2, 0) is 16.1 Å². The molecule has 0 aliphatic rings.